The minimum Gasteiger partial charge on any atom is -0.379 e. The summed E-state index contributed by atoms with van der Waals surface area (Å²) in [6, 6.07) is 0.569. The Balaban J connectivity index is 2.94. The molecule has 0 fully saturated rings. The standard InChI is InChI=1S/C14H31NO2/c1-13(2)7-5-9-16-11-12-17-10-6-8-15-14(3)4/h13-15H,5-12H2,1-4H3. The van der Waals surface area contributed by atoms with Crippen molar-refractivity contribution in [1.29, 1.82) is 0 Å². The van der Waals surface area contributed by atoms with Crippen LogP contribution in [0.4, 0.5) is 0 Å². The monoisotopic (exact) mass is 245 g/mol. The molecule has 0 spiro atoms. The van der Waals surface area contributed by atoms with Gasteiger partial charge in [0.05, 0.1) is 13.2 Å². The summed E-state index contributed by atoms with van der Waals surface area (Å²) >= 11 is 0. The van der Waals surface area contributed by atoms with E-state index in [4.69, 9.17) is 9.47 Å². The van der Waals surface area contributed by atoms with Gasteiger partial charge in [-0.3, -0.25) is 0 Å². The topological polar surface area (TPSA) is 30.5 Å². The molecule has 0 saturated heterocycles. The zero-order valence-corrected chi connectivity index (χ0v) is 12.1. The first-order valence-electron chi connectivity index (χ1n) is 7.01. The zero-order valence-electron chi connectivity index (χ0n) is 12.1. The quantitative estimate of drug-likeness (QED) is 0.536. The Morgan fingerprint density at radius 2 is 1.41 bits per heavy atom. The van der Waals surface area contributed by atoms with E-state index in [-0.39, 0.29) is 0 Å². The van der Waals surface area contributed by atoms with Gasteiger partial charge in [0.25, 0.3) is 0 Å². The summed E-state index contributed by atoms with van der Waals surface area (Å²) in [5.74, 6) is 0.781. The molecule has 17 heavy (non-hydrogen) atoms. The molecule has 0 radical (unpaired) electrons. The van der Waals surface area contributed by atoms with Crippen LogP contribution < -0.4 is 5.32 Å². The molecule has 0 heterocycles. The molecule has 104 valence electrons. The van der Waals surface area contributed by atoms with Gasteiger partial charge in [-0.2, -0.15) is 0 Å². The predicted octanol–water partition coefficient (Wildman–Crippen LogP) is 2.84. The van der Waals surface area contributed by atoms with E-state index in [2.05, 4.69) is 33.0 Å². The van der Waals surface area contributed by atoms with Gasteiger partial charge in [-0.1, -0.05) is 27.7 Å². The molecule has 0 saturated carbocycles. The molecule has 0 atom stereocenters. The highest BCUT2D eigenvalue weighted by Crippen LogP contribution is 2.02. The lowest BCUT2D eigenvalue weighted by atomic mass is 10.1. The van der Waals surface area contributed by atoms with Gasteiger partial charge in [0.2, 0.25) is 0 Å². The Bertz CT molecular complexity index is 133. The Labute approximate surface area is 107 Å². The number of hydrogen-bond acceptors (Lipinski definition) is 3. The lowest BCUT2D eigenvalue weighted by Gasteiger charge is -2.09. The molecule has 0 amide bonds. The highest BCUT2D eigenvalue weighted by Gasteiger charge is 1.95. The van der Waals surface area contributed by atoms with Crippen LogP contribution in [-0.4, -0.2) is 39.0 Å². The summed E-state index contributed by atoms with van der Waals surface area (Å²) in [4.78, 5) is 0. The highest BCUT2D eigenvalue weighted by atomic mass is 16.5. The SMILES string of the molecule is CC(C)CCCOCCOCCCNC(C)C. The molecular formula is C14H31NO2. The van der Waals surface area contributed by atoms with Gasteiger partial charge in [-0.05, 0) is 31.7 Å². The predicted molar refractivity (Wildman–Crippen MR) is 73.5 cm³/mol. The summed E-state index contributed by atoms with van der Waals surface area (Å²) < 4.78 is 11.0. The average molecular weight is 245 g/mol. The van der Waals surface area contributed by atoms with Crippen LogP contribution in [0.5, 0.6) is 0 Å². The van der Waals surface area contributed by atoms with E-state index in [1.54, 1.807) is 0 Å². The lowest BCUT2D eigenvalue weighted by Crippen LogP contribution is -2.24. The molecule has 3 nitrogen and oxygen atoms in total. The number of nitrogens with one attached hydrogen (secondary N) is 1. The average Bonchev–Trinajstić information content (AvgIpc) is 2.25. The van der Waals surface area contributed by atoms with Crippen LogP contribution in [0.15, 0.2) is 0 Å². The first-order chi connectivity index (χ1) is 8.13. The van der Waals surface area contributed by atoms with Gasteiger partial charge >= 0.3 is 0 Å². The number of ether oxygens (including phenoxy) is 2. The van der Waals surface area contributed by atoms with Gasteiger partial charge < -0.3 is 14.8 Å². The molecule has 0 unspecified atom stereocenters. The van der Waals surface area contributed by atoms with Crippen LogP contribution in [0.1, 0.15) is 47.0 Å². The third kappa shape index (κ3) is 15.9. The van der Waals surface area contributed by atoms with Crippen molar-refractivity contribution in [2.75, 3.05) is 33.0 Å². The second-order valence-corrected chi connectivity index (χ2v) is 5.22. The Kier molecular flexibility index (Phi) is 12.3. The molecule has 0 aromatic heterocycles. The fraction of sp³-hybridized carbons (Fsp3) is 1.00. The highest BCUT2D eigenvalue weighted by molar-refractivity contribution is 4.51. The van der Waals surface area contributed by atoms with Crippen LogP contribution in [0.2, 0.25) is 0 Å². The normalized spacial score (nSPS) is 11.6. The Morgan fingerprint density at radius 3 is 1.94 bits per heavy atom. The third-order valence-corrected chi connectivity index (χ3v) is 2.46. The molecule has 0 bridgehead atoms. The summed E-state index contributed by atoms with van der Waals surface area (Å²) in [5.41, 5.74) is 0. The maximum atomic E-state index is 5.49. The maximum Gasteiger partial charge on any atom is 0.0700 e. The number of rotatable bonds is 12. The minimum atomic E-state index is 0.569. The second-order valence-electron chi connectivity index (χ2n) is 5.22. The molecular weight excluding hydrogens is 214 g/mol. The van der Waals surface area contributed by atoms with Crippen molar-refractivity contribution in [3.8, 4) is 0 Å². The van der Waals surface area contributed by atoms with Crippen molar-refractivity contribution in [3.63, 3.8) is 0 Å². The fourth-order valence-corrected chi connectivity index (χ4v) is 1.48. The summed E-state index contributed by atoms with van der Waals surface area (Å²) in [6.07, 6.45) is 3.49. The van der Waals surface area contributed by atoms with Crippen molar-refractivity contribution in [3.05, 3.63) is 0 Å². The molecule has 1 N–H and O–H groups in total. The van der Waals surface area contributed by atoms with Crippen LogP contribution in [0, 0.1) is 5.92 Å². The zero-order chi connectivity index (χ0) is 12.9. The van der Waals surface area contributed by atoms with Gasteiger partial charge in [0.15, 0.2) is 0 Å². The lowest BCUT2D eigenvalue weighted by molar-refractivity contribution is 0.0448. The Hall–Kier alpha value is -0.120. The van der Waals surface area contributed by atoms with Gasteiger partial charge in [0.1, 0.15) is 0 Å². The first-order valence-corrected chi connectivity index (χ1v) is 7.01. The van der Waals surface area contributed by atoms with Gasteiger partial charge in [-0.25, -0.2) is 0 Å². The van der Waals surface area contributed by atoms with Crippen molar-refractivity contribution >= 4 is 0 Å². The first kappa shape index (κ1) is 16.9. The van der Waals surface area contributed by atoms with E-state index in [9.17, 15) is 0 Å². The maximum absolute atomic E-state index is 5.49. The van der Waals surface area contributed by atoms with Crippen molar-refractivity contribution in [2.24, 2.45) is 5.92 Å². The molecule has 0 rings (SSSR count). The molecule has 0 aliphatic carbocycles. The molecule has 3 heteroatoms. The molecule has 0 aliphatic heterocycles. The molecule has 0 aliphatic rings. The van der Waals surface area contributed by atoms with E-state index in [1.165, 1.54) is 6.42 Å². The third-order valence-electron chi connectivity index (χ3n) is 2.46. The minimum absolute atomic E-state index is 0.569. The van der Waals surface area contributed by atoms with Gasteiger partial charge in [0, 0.05) is 19.3 Å². The summed E-state index contributed by atoms with van der Waals surface area (Å²) in [6.45, 7) is 13.0. The van der Waals surface area contributed by atoms with Crippen molar-refractivity contribution in [1.82, 2.24) is 5.32 Å². The molecule has 0 aromatic rings. The van der Waals surface area contributed by atoms with Gasteiger partial charge in [-0.15, -0.1) is 0 Å². The largest absolute Gasteiger partial charge is 0.379 e. The van der Waals surface area contributed by atoms with E-state index in [0.29, 0.717) is 6.04 Å². The summed E-state index contributed by atoms with van der Waals surface area (Å²) in [5, 5.41) is 3.36. The Morgan fingerprint density at radius 1 is 0.824 bits per heavy atom. The summed E-state index contributed by atoms with van der Waals surface area (Å²) in [7, 11) is 0. The van der Waals surface area contributed by atoms with Crippen molar-refractivity contribution < 1.29 is 9.47 Å². The smallest absolute Gasteiger partial charge is 0.0700 e. The van der Waals surface area contributed by atoms with Crippen LogP contribution in [0.25, 0.3) is 0 Å². The molecule has 0 aromatic carbocycles. The van der Waals surface area contributed by atoms with E-state index < -0.39 is 0 Å². The second kappa shape index (κ2) is 12.3. The van der Waals surface area contributed by atoms with E-state index >= 15 is 0 Å². The van der Waals surface area contributed by atoms with E-state index in [0.717, 1.165) is 51.7 Å². The van der Waals surface area contributed by atoms with Crippen molar-refractivity contribution in [2.45, 2.75) is 53.0 Å². The number of hydrogen-bond donors (Lipinski definition) is 1. The van der Waals surface area contributed by atoms with Crippen LogP contribution in [0.3, 0.4) is 0 Å². The van der Waals surface area contributed by atoms with Crippen LogP contribution >= 0.6 is 0 Å². The fourth-order valence-electron chi connectivity index (χ4n) is 1.48. The van der Waals surface area contributed by atoms with E-state index in [1.807, 2.05) is 0 Å². The van der Waals surface area contributed by atoms with Crippen LogP contribution in [-0.2, 0) is 9.47 Å².